The van der Waals surface area contributed by atoms with E-state index in [9.17, 15) is 4.79 Å². The van der Waals surface area contributed by atoms with Gasteiger partial charge in [-0.05, 0) is 56.3 Å². The van der Waals surface area contributed by atoms with Gasteiger partial charge in [0, 0.05) is 11.8 Å². The molecule has 1 N–H and O–H groups in total. The van der Waals surface area contributed by atoms with Crippen LogP contribution in [0.3, 0.4) is 0 Å². The molecule has 0 fully saturated rings. The van der Waals surface area contributed by atoms with Crippen LogP contribution in [-0.4, -0.2) is 20.4 Å². The van der Waals surface area contributed by atoms with E-state index >= 15 is 0 Å². The number of fused-ring (bicyclic) bond motifs is 1. The summed E-state index contributed by atoms with van der Waals surface area (Å²) in [4.78, 5) is 21.5. The number of furan rings is 1. The first-order chi connectivity index (χ1) is 13.0. The maximum Gasteiger partial charge on any atom is 0.251 e. The minimum Gasteiger partial charge on any atom is -0.465 e. The molecule has 0 unspecified atom stereocenters. The number of benzene rings is 1. The Balaban J connectivity index is 1.67. The van der Waals surface area contributed by atoms with Gasteiger partial charge >= 0.3 is 0 Å². The third-order valence-corrected chi connectivity index (χ3v) is 4.57. The standard InChI is InChI=1S/C20H17ClN4O2/c1-12-5-7-15(27-12)11-23-20(26)14-6-8-16(21)18(10-14)25-13(2)24-17-4-3-9-22-19(17)25/h3-10H,11H2,1-2H3,(H,23,26). The number of aryl methyl sites for hydroxylation is 2. The van der Waals surface area contributed by atoms with Gasteiger partial charge in [0.1, 0.15) is 22.9 Å². The van der Waals surface area contributed by atoms with E-state index < -0.39 is 0 Å². The summed E-state index contributed by atoms with van der Waals surface area (Å²) in [6, 6.07) is 12.6. The zero-order chi connectivity index (χ0) is 19.0. The second-order valence-electron chi connectivity index (χ2n) is 6.20. The van der Waals surface area contributed by atoms with E-state index in [0.717, 1.165) is 17.1 Å². The van der Waals surface area contributed by atoms with Crippen molar-refractivity contribution in [1.82, 2.24) is 19.9 Å². The van der Waals surface area contributed by atoms with Crippen LogP contribution in [0.2, 0.25) is 5.02 Å². The maximum atomic E-state index is 12.6. The lowest BCUT2D eigenvalue weighted by Crippen LogP contribution is -2.22. The predicted molar refractivity (Wildman–Crippen MR) is 103 cm³/mol. The van der Waals surface area contributed by atoms with Crippen LogP contribution in [0, 0.1) is 13.8 Å². The molecule has 7 heteroatoms. The lowest BCUT2D eigenvalue weighted by molar-refractivity contribution is 0.0948. The Hall–Kier alpha value is -3.12. The molecule has 0 aliphatic heterocycles. The number of rotatable bonds is 4. The first kappa shape index (κ1) is 17.3. The molecule has 6 nitrogen and oxygen atoms in total. The van der Waals surface area contributed by atoms with Crippen molar-refractivity contribution in [3.05, 3.63) is 76.6 Å². The lowest BCUT2D eigenvalue weighted by Gasteiger charge is -2.11. The summed E-state index contributed by atoms with van der Waals surface area (Å²) in [7, 11) is 0. The molecule has 136 valence electrons. The molecular formula is C20H17ClN4O2. The highest BCUT2D eigenvalue weighted by atomic mass is 35.5. The first-order valence-electron chi connectivity index (χ1n) is 8.46. The molecular weight excluding hydrogens is 364 g/mol. The predicted octanol–water partition coefficient (Wildman–Crippen LogP) is 4.21. The fourth-order valence-corrected chi connectivity index (χ4v) is 3.19. The van der Waals surface area contributed by atoms with Crippen LogP contribution < -0.4 is 5.32 Å². The van der Waals surface area contributed by atoms with Crippen LogP contribution in [-0.2, 0) is 6.54 Å². The van der Waals surface area contributed by atoms with Crippen LogP contribution in [0.5, 0.6) is 0 Å². The van der Waals surface area contributed by atoms with E-state index in [-0.39, 0.29) is 5.91 Å². The fraction of sp³-hybridized carbons (Fsp3) is 0.150. The van der Waals surface area contributed by atoms with Gasteiger partial charge in [0.2, 0.25) is 0 Å². The van der Waals surface area contributed by atoms with Crippen LogP contribution in [0.1, 0.15) is 27.7 Å². The van der Waals surface area contributed by atoms with Gasteiger partial charge in [-0.2, -0.15) is 0 Å². The number of nitrogens with zero attached hydrogens (tertiary/aromatic N) is 3. The summed E-state index contributed by atoms with van der Waals surface area (Å²) in [5, 5.41) is 3.37. The highest BCUT2D eigenvalue weighted by Crippen LogP contribution is 2.27. The number of nitrogens with one attached hydrogen (secondary N) is 1. The van der Waals surface area contributed by atoms with Gasteiger partial charge in [0.05, 0.1) is 17.3 Å². The van der Waals surface area contributed by atoms with Crippen molar-refractivity contribution in [3.8, 4) is 5.69 Å². The topological polar surface area (TPSA) is 73.0 Å². The highest BCUT2D eigenvalue weighted by Gasteiger charge is 2.15. The monoisotopic (exact) mass is 380 g/mol. The van der Waals surface area contributed by atoms with Crippen molar-refractivity contribution >= 4 is 28.7 Å². The van der Waals surface area contributed by atoms with Crippen molar-refractivity contribution in [2.24, 2.45) is 0 Å². The van der Waals surface area contributed by atoms with Gasteiger partial charge in [-0.3, -0.25) is 9.36 Å². The molecule has 0 saturated carbocycles. The minimum absolute atomic E-state index is 0.211. The summed E-state index contributed by atoms with van der Waals surface area (Å²) in [6.07, 6.45) is 1.70. The molecule has 4 aromatic rings. The Kier molecular flexibility index (Phi) is 4.41. The van der Waals surface area contributed by atoms with Crippen LogP contribution >= 0.6 is 11.6 Å². The molecule has 0 bridgehead atoms. The van der Waals surface area contributed by atoms with E-state index in [1.54, 1.807) is 24.4 Å². The van der Waals surface area contributed by atoms with E-state index in [1.165, 1.54) is 0 Å². The molecule has 0 radical (unpaired) electrons. The van der Waals surface area contributed by atoms with Gasteiger partial charge in [-0.1, -0.05) is 11.6 Å². The number of pyridine rings is 1. The molecule has 3 aromatic heterocycles. The fourth-order valence-electron chi connectivity index (χ4n) is 2.99. The Bertz CT molecular complexity index is 1150. The number of amides is 1. The van der Waals surface area contributed by atoms with Crippen molar-refractivity contribution in [2.45, 2.75) is 20.4 Å². The summed E-state index contributed by atoms with van der Waals surface area (Å²) < 4.78 is 7.33. The first-order valence-corrected chi connectivity index (χ1v) is 8.84. The quantitative estimate of drug-likeness (QED) is 0.575. The number of halogens is 1. The molecule has 1 amide bonds. The second-order valence-corrected chi connectivity index (χ2v) is 6.61. The van der Waals surface area contributed by atoms with Gasteiger partial charge in [0.15, 0.2) is 5.65 Å². The maximum absolute atomic E-state index is 12.6. The Labute approximate surface area is 160 Å². The molecule has 0 spiro atoms. The highest BCUT2D eigenvalue weighted by molar-refractivity contribution is 6.32. The second kappa shape index (κ2) is 6.89. The largest absolute Gasteiger partial charge is 0.465 e. The average molecular weight is 381 g/mol. The molecule has 0 aliphatic rings. The Morgan fingerprint density at radius 2 is 2.07 bits per heavy atom. The van der Waals surface area contributed by atoms with E-state index in [0.29, 0.717) is 34.2 Å². The third kappa shape index (κ3) is 3.31. The zero-order valence-corrected chi connectivity index (χ0v) is 15.6. The summed E-state index contributed by atoms with van der Waals surface area (Å²) >= 11 is 6.42. The van der Waals surface area contributed by atoms with Crippen molar-refractivity contribution < 1.29 is 9.21 Å². The van der Waals surface area contributed by atoms with Gasteiger partial charge in [0.25, 0.3) is 5.91 Å². The molecule has 3 heterocycles. The normalized spacial score (nSPS) is 11.1. The average Bonchev–Trinajstić information content (AvgIpc) is 3.22. The summed E-state index contributed by atoms with van der Waals surface area (Å²) in [6.45, 7) is 4.06. The molecule has 27 heavy (non-hydrogen) atoms. The minimum atomic E-state index is -0.211. The molecule has 0 aliphatic carbocycles. The number of hydrogen-bond acceptors (Lipinski definition) is 4. The van der Waals surface area contributed by atoms with Crippen LogP contribution in [0.25, 0.3) is 16.9 Å². The molecule has 4 rings (SSSR count). The van der Waals surface area contributed by atoms with E-state index in [2.05, 4.69) is 15.3 Å². The molecule has 1 aromatic carbocycles. The number of carbonyl (C=O) groups is 1. The van der Waals surface area contributed by atoms with Crippen molar-refractivity contribution in [2.75, 3.05) is 0 Å². The number of hydrogen-bond donors (Lipinski definition) is 1. The van der Waals surface area contributed by atoms with Crippen molar-refractivity contribution in [3.63, 3.8) is 0 Å². The Morgan fingerprint density at radius 1 is 1.22 bits per heavy atom. The summed E-state index contributed by atoms with van der Waals surface area (Å²) in [5.74, 6) is 2.05. The summed E-state index contributed by atoms with van der Waals surface area (Å²) in [5.41, 5.74) is 2.63. The lowest BCUT2D eigenvalue weighted by atomic mass is 10.1. The van der Waals surface area contributed by atoms with E-state index in [1.807, 2.05) is 42.7 Å². The van der Waals surface area contributed by atoms with Crippen LogP contribution in [0.4, 0.5) is 0 Å². The van der Waals surface area contributed by atoms with Gasteiger partial charge < -0.3 is 9.73 Å². The number of imidazole rings is 1. The van der Waals surface area contributed by atoms with Crippen molar-refractivity contribution in [1.29, 1.82) is 0 Å². The smallest absolute Gasteiger partial charge is 0.251 e. The SMILES string of the molecule is Cc1ccc(CNC(=O)c2ccc(Cl)c(-n3c(C)nc4cccnc43)c2)o1. The van der Waals surface area contributed by atoms with E-state index in [4.69, 9.17) is 16.0 Å². The molecule has 0 saturated heterocycles. The van der Waals surface area contributed by atoms with Gasteiger partial charge in [-0.25, -0.2) is 9.97 Å². The van der Waals surface area contributed by atoms with Crippen LogP contribution in [0.15, 0.2) is 53.1 Å². The zero-order valence-electron chi connectivity index (χ0n) is 14.9. The molecule has 0 atom stereocenters. The third-order valence-electron chi connectivity index (χ3n) is 4.25. The number of carbonyl (C=O) groups excluding carboxylic acids is 1. The Morgan fingerprint density at radius 3 is 2.85 bits per heavy atom. The number of aromatic nitrogens is 3. The van der Waals surface area contributed by atoms with Gasteiger partial charge in [-0.15, -0.1) is 0 Å².